The number of carbonyl (C=O) groups is 1. The molecule has 1 amide bonds. The van der Waals surface area contributed by atoms with Crippen LogP contribution >= 0.6 is 0 Å². The zero-order valence-corrected chi connectivity index (χ0v) is 20.7. The third-order valence-corrected chi connectivity index (χ3v) is 8.88. The highest BCUT2D eigenvalue weighted by Crippen LogP contribution is 2.25. The van der Waals surface area contributed by atoms with Crippen molar-refractivity contribution in [1.82, 2.24) is 4.90 Å². The molecule has 8 nitrogen and oxygen atoms in total. The predicted octanol–water partition coefficient (Wildman–Crippen LogP) is 3.23. The number of aryl methyl sites for hydroxylation is 1. The van der Waals surface area contributed by atoms with Crippen LogP contribution in [-0.4, -0.2) is 58.8 Å². The summed E-state index contributed by atoms with van der Waals surface area (Å²) in [4.78, 5) is 15.0. The molecule has 1 heterocycles. The molecule has 3 rings (SSSR count). The van der Waals surface area contributed by atoms with Crippen molar-refractivity contribution in [3.63, 3.8) is 0 Å². The Labute approximate surface area is 195 Å². The van der Waals surface area contributed by atoms with Crippen molar-refractivity contribution >= 4 is 31.5 Å². The first kappa shape index (κ1) is 25.0. The lowest BCUT2D eigenvalue weighted by atomic mass is 10.1. The van der Waals surface area contributed by atoms with Crippen LogP contribution in [-0.2, 0) is 19.9 Å². The maximum absolute atomic E-state index is 13.5. The smallest absolute Gasteiger partial charge is 0.261 e. The molecule has 1 aliphatic heterocycles. The molecule has 2 aromatic rings. The molecule has 1 unspecified atom stereocenters. The highest BCUT2D eigenvalue weighted by atomic mass is 32.2. The van der Waals surface area contributed by atoms with E-state index in [2.05, 4.69) is 4.72 Å². The number of hydrogen-bond donors (Lipinski definition) is 1. The number of sulfone groups is 1. The topological polar surface area (TPSA) is 110 Å². The predicted molar refractivity (Wildman–Crippen MR) is 128 cm³/mol. The van der Waals surface area contributed by atoms with Crippen molar-refractivity contribution in [1.29, 1.82) is 0 Å². The van der Waals surface area contributed by atoms with E-state index in [-0.39, 0.29) is 27.9 Å². The minimum absolute atomic E-state index is 0.0400. The molecule has 1 N–H and O–H groups in total. The number of benzene rings is 2. The Morgan fingerprint density at radius 3 is 2.45 bits per heavy atom. The van der Waals surface area contributed by atoms with Gasteiger partial charge < -0.3 is 9.64 Å². The van der Waals surface area contributed by atoms with Gasteiger partial charge in [-0.05, 0) is 61.7 Å². The van der Waals surface area contributed by atoms with E-state index in [9.17, 15) is 21.6 Å². The van der Waals surface area contributed by atoms with Crippen molar-refractivity contribution in [2.75, 3.05) is 29.9 Å². The number of nitrogens with zero attached hydrogens (tertiary/aromatic N) is 1. The molecule has 0 saturated carbocycles. The quantitative estimate of drug-likeness (QED) is 0.573. The van der Waals surface area contributed by atoms with E-state index in [1.165, 1.54) is 19.2 Å². The normalized spacial score (nSPS) is 17.5. The van der Waals surface area contributed by atoms with E-state index in [1.54, 1.807) is 42.2 Å². The fourth-order valence-corrected chi connectivity index (χ4v) is 6.64. The van der Waals surface area contributed by atoms with Crippen molar-refractivity contribution in [3.05, 3.63) is 53.6 Å². The van der Waals surface area contributed by atoms with Crippen LogP contribution in [0.2, 0.25) is 0 Å². The van der Waals surface area contributed by atoms with Crippen LogP contribution in [0.5, 0.6) is 5.75 Å². The highest BCUT2D eigenvalue weighted by molar-refractivity contribution is 7.92. The van der Waals surface area contributed by atoms with Crippen LogP contribution in [0.3, 0.4) is 0 Å². The minimum atomic E-state index is -3.94. The van der Waals surface area contributed by atoms with Gasteiger partial charge in [0.1, 0.15) is 5.75 Å². The molecule has 0 bridgehead atoms. The monoisotopic (exact) mass is 494 g/mol. The van der Waals surface area contributed by atoms with E-state index in [4.69, 9.17) is 4.74 Å². The van der Waals surface area contributed by atoms with Gasteiger partial charge in [0.05, 0.1) is 23.5 Å². The average molecular weight is 495 g/mol. The summed E-state index contributed by atoms with van der Waals surface area (Å²) in [7, 11) is -5.59. The molecule has 2 aromatic carbocycles. The average Bonchev–Trinajstić information content (AvgIpc) is 3.13. The number of methoxy groups -OCH3 is 1. The second-order valence-corrected chi connectivity index (χ2v) is 12.1. The molecule has 0 radical (unpaired) electrons. The van der Waals surface area contributed by atoms with E-state index in [0.29, 0.717) is 30.0 Å². The summed E-state index contributed by atoms with van der Waals surface area (Å²) in [5, 5.41) is 0. The summed E-state index contributed by atoms with van der Waals surface area (Å²) in [6.07, 6.45) is 1.98. The Balaban J connectivity index is 1.90. The van der Waals surface area contributed by atoms with Crippen LogP contribution in [0.1, 0.15) is 42.1 Å². The maximum Gasteiger partial charge on any atom is 0.261 e. The first-order valence-corrected chi connectivity index (χ1v) is 14.2. The third-order valence-electron chi connectivity index (χ3n) is 5.75. The fraction of sp³-hybridized carbons (Fsp3) is 0.435. The number of sulfonamides is 1. The molecule has 1 atom stereocenters. The summed E-state index contributed by atoms with van der Waals surface area (Å²) < 4.78 is 57.6. The van der Waals surface area contributed by atoms with Gasteiger partial charge in [0, 0.05) is 23.8 Å². The van der Waals surface area contributed by atoms with Gasteiger partial charge in [-0.15, -0.1) is 0 Å². The standard InChI is InChI=1S/C23H30N2O6S2/c1-4-5-13-25(19-12-14-32(27,28)16-19)23(26)22-15-21(11-6-17(22)2)33(29,30)24-18-7-9-20(31-3)10-8-18/h6-11,15,19,24H,4-5,12-14,16H2,1-3H3. The molecule has 0 aliphatic carbocycles. The Morgan fingerprint density at radius 2 is 1.88 bits per heavy atom. The van der Waals surface area contributed by atoms with Crippen molar-refractivity contribution < 1.29 is 26.4 Å². The molecular weight excluding hydrogens is 464 g/mol. The van der Waals surface area contributed by atoms with E-state index in [0.717, 1.165) is 12.8 Å². The summed E-state index contributed by atoms with van der Waals surface area (Å²) in [6, 6.07) is 10.5. The van der Waals surface area contributed by atoms with Gasteiger partial charge in [-0.1, -0.05) is 19.4 Å². The number of carbonyl (C=O) groups excluding carboxylic acids is 1. The highest BCUT2D eigenvalue weighted by Gasteiger charge is 2.35. The molecule has 33 heavy (non-hydrogen) atoms. The second-order valence-electron chi connectivity index (χ2n) is 8.22. The Hall–Kier alpha value is -2.59. The van der Waals surface area contributed by atoms with Gasteiger partial charge in [0.2, 0.25) is 0 Å². The molecular formula is C23H30N2O6S2. The minimum Gasteiger partial charge on any atom is -0.497 e. The molecule has 0 spiro atoms. The summed E-state index contributed by atoms with van der Waals surface area (Å²) in [5.41, 5.74) is 1.25. The Kier molecular flexibility index (Phi) is 7.69. The number of rotatable bonds is 9. The largest absolute Gasteiger partial charge is 0.497 e. The number of ether oxygens (including phenoxy) is 1. The zero-order valence-electron chi connectivity index (χ0n) is 19.1. The molecule has 0 aromatic heterocycles. The lowest BCUT2D eigenvalue weighted by Crippen LogP contribution is -2.42. The van der Waals surface area contributed by atoms with Crippen LogP contribution < -0.4 is 9.46 Å². The number of unbranched alkanes of at least 4 members (excludes halogenated alkanes) is 1. The van der Waals surface area contributed by atoms with Gasteiger partial charge in [-0.25, -0.2) is 16.8 Å². The second kappa shape index (κ2) is 10.1. The van der Waals surface area contributed by atoms with E-state index < -0.39 is 25.9 Å². The number of nitrogens with one attached hydrogen (secondary N) is 1. The van der Waals surface area contributed by atoms with E-state index >= 15 is 0 Å². The van der Waals surface area contributed by atoms with Crippen LogP contribution in [0.15, 0.2) is 47.4 Å². The van der Waals surface area contributed by atoms with Gasteiger partial charge >= 0.3 is 0 Å². The molecule has 1 fully saturated rings. The van der Waals surface area contributed by atoms with Crippen LogP contribution in [0.25, 0.3) is 0 Å². The summed E-state index contributed by atoms with van der Waals surface area (Å²) in [5.74, 6) is 0.262. The zero-order chi connectivity index (χ0) is 24.2. The first-order chi connectivity index (χ1) is 15.6. The Morgan fingerprint density at radius 1 is 1.18 bits per heavy atom. The molecule has 1 saturated heterocycles. The molecule has 10 heteroatoms. The van der Waals surface area contributed by atoms with Gasteiger partial charge in [0.25, 0.3) is 15.9 Å². The van der Waals surface area contributed by atoms with Crippen molar-refractivity contribution in [2.45, 2.75) is 44.0 Å². The third kappa shape index (κ3) is 6.05. The summed E-state index contributed by atoms with van der Waals surface area (Å²) >= 11 is 0. The Bertz CT molecular complexity index is 1210. The number of hydrogen-bond acceptors (Lipinski definition) is 6. The molecule has 180 valence electrons. The van der Waals surface area contributed by atoms with Gasteiger partial charge in [-0.2, -0.15) is 0 Å². The van der Waals surface area contributed by atoms with Crippen LogP contribution in [0.4, 0.5) is 5.69 Å². The number of anilines is 1. The van der Waals surface area contributed by atoms with Gasteiger partial charge in [-0.3, -0.25) is 9.52 Å². The van der Waals surface area contributed by atoms with Crippen LogP contribution in [0, 0.1) is 6.92 Å². The SMILES string of the molecule is CCCCN(C(=O)c1cc(S(=O)(=O)Nc2ccc(OC)cc2)ccc1C)C1CCS(=O)(=O)C1. The maximum atomic E-state index is 13.5. The first-order valence-electron chi connectivity index (χ1n) is 10.8. The lowest BCUT2D eigenvalue weighted by Gasteiger charge is -2.29. The van der Waals surface area contributed by atoms with Crippen molar-refractivity contribution in [2.24, 2.45) is 0 Å². The number of amides is 1. The molecule has 1 aliphatic rings. The van der Waals surface area contributed by atoms with E-state index in [1.807, 2.05) is 6.92 Å². The summed E-state index contributed by atoms with van der Waals surface area (Å²) in [6.45, 7) is 4.16. The lowest BCUT2D eigenvalue weighted by molar-refractivity contribution is 0.0693. The fourth-order valence-electron chi connectivity index (χ4n) is 3.83. The van der Waals surface area contributed by atoms with Crippen molar-refractivity contribution in [3.8, 4) is 5.75 Å². The van der Waals surface area contributed by atoms with Gasteiger partial charge in [0.15, 0.2) is 9.84 Å².